The molecule has 0 unspecified atom stereocenters. The minimum absolute atomic E-state index is 0.0110. The molecule has 0 saturated heterocycles. The van der Waals surface area contributed by atoms with Crippen molar-refractivity contribution in [3.05, 3.63) is 52.0 Å². The topological polar surface area (TPSA) is 92.4 Å². The van der Waals surface area contributed by atoms with Crippen LogP contribution in [0.4, 0.5) is 11.4 Å². The van der Waals surface area contributed by atoms with Crippen molar-refractivity contribution in [3.8, 4) is 0 Å². The minimum atomic E-state index is -3.89. The zero-order valence-electron chi connectivity index (χ0n) is 10.7. The average molecular weight is 347 g/mol. The van der Waals surface area contributed by atoms with Crippen molar-refractivity contribution < 1.29 is 13.5 Å². The second kappa shape index (κ2) is 6.11. The molecule has 0 amide bonds. The van der Waals surface area contributed by atoms with E-state index in [2.05, 4.69) is 4.72 Å². The Balaban J connectivity index is 2.36. The summed E-state index contributed by atoms with van der Waals surface area (Å²) in [5.41, 5.74) is 6.65. The number of hydrogen-bond donors (Lipinski definition) is 3. The molecule has 0 aliphatic carbocycles. The summed E-state index contributed by atoms with van der Waals surface area (Å²) in [7, 11) is -3.89. The zero-order valence-corrected chi connectivity index (χ0v) is 13.0. The molecular weight excluding hydrogens is 335 g/mol. The Bertz CT molecular complexity index is 762. The predicted molar refractivity (Wildman–Crippen MR) is 84.0 cm³/mol. The van der Waals surface area contributed by atoms with Crippen molar-refractivity contribution in [3.63, 3.8) is 0 Å². The van der Waals surface area contributed by atoms with E-state index in [1.54, 1.807) is 12.1 Å². The van der Waals surface area contributed by atoms with E-state index in [4.69, 9.17) is 34.0 Å². The molecule has 112 valence electrons. The molecule has 0 aliphatic rings. The van der Waals surface area contributed by atoms with Gasteiger partial charge in [0.2, 0.25) is 0 Å². The highest BCUT2D eigenvalue weighted by Gasteiger charge is 2.20. The molecule has 0 aliphatic heterocycles. The number of sulfonamides is 1. The van der Waals surface area contributed by atoms with Crippen LogP contribution in [0, 0.1) is 0 Å². The smallest absolute Gasteiger partial charge is 0.263 e. The summed E-state index contributed by atoms with van der Waals surface area (Å²) < 4.78 is 27.0. The third-order valence-corrected chi connectivity index (χ3v) is 5.04. The SMILES string of the molecule is Nc1c(Cl)ccc(S(=O)(=O)Nc2ccc(CO)cc2)c1Cl. The number of nitrogen functional groups attached to an aromatic ring is 1. The second-order valence-corrected chi connectivity index (χ2v) is 6.67. The second-order valence-electron chi connectivity index (χ2n) is 4.23. The van der Waals surface area contributed by atoms with Gasteiger partial charge in [0.05, 0.1) is 22.3 Å². The molecule has 2 aromatic rings. The van der Waals surface area contributed by atoms with E-state index in [1.807, 2.05) is 0 Å². The molecule has 2 aromatic carbocycles. The number of nitrogens with two attached hydrogens (primary N) is 1. The highest BCUT2D eigenvalue weighted by molar-refractivity contribution is 7.92. The molecule has 0 aromatic heterocycles. The molecule has 0 fully saturated rings. The van der Waals surface area contributed by atoms with Crippen LogP contribution in [-0.4, -0.2) is 13.5 Å². The molecule has 0 radical (unpaired) electrons. The molecule has 0 bridgehead atoms. The van der Waals surface area contributed by atoms with Crippen LogP contribution in [0.5, 0.6) is 0 Å². The standard InChI is InChI=1S/C13H12Cl2N2O3S/c14-10-5-6-11(12(15)13(10)16)21(19,20)17-9-3-1-8(7-18)2-4-9/h1-6,17-18H,7,16H2. The van der Waals surface area contributed by atoms with E-state index in [0.717, 1.165) is 0 Å². The number of aliphatic hydroxyl groups excluding tert-OH is 1. The largest absolute Gasteiger partial charge is 0.396 e. The van der Waals surface area contributed by atoms with E-state index in [0.29, 0.717) is 11.3 Å². The Morgan fingerprint density at radius 1 is 1.10 bits per heavy atom. The number of nitrogens with one attached hydrogen (secondary N) is 1. The minimum Gasteiger partial charge on any atom is -0.396 e. The highest BCUT2D eigenvalue weighted by atomic mass is 35.5. The van der Waals surface area contributed by atoms with Gasteiger partial charge in [-0.15, -0.1) is 0 Å². The van der Waals surface area contributed by atoms with Gasteiger partial charge in [-0.1, -0.05) is 35.3 Å². The van der Waals surface area contributed by atoms with Crippen molar-refractivity contribution >= 4 is 44.6 Å². The van der Waals surface area contributed by atoms with Crippen molar-refractivity contribution in [2.24, 2.45) is 0 Å². The average Bonchev–Trinajstić information content (AvgIpc) is 2.45. The summed E-state index contributed by atoms with van der Waals surface area (Å²) in [6.07, 6.45) is 0. The molecule has 0 atom stereocenters. The molecule has 21 heavy (non-hydrogen) atoms. The summed E-state index contributed by atoms with van der Waals surface area (Å²) in [5, 5.41) is 9.01. The molecule has 5 nitrogen and oxygen atoms in total. The van der Waals surface area contributed by atoms with E-state index < -0.39 is 10.0 Å². The lowest BCUT2D eigenvalue weighted by atomic mass is 10.2. The fraction of sp³-hybridized carbons (Fsp3) is 0.0769. The highest BCUT2D eigenvalue weighted by Crippen LogP contribution is 2.33. The number of anilines is 2. The Morgan fingerprint density at radius 3 is 2.29 bits per heavy atom. The first kappa shape index (κ1) is 15.9. The van der Waals surface area contributed by atoms with Crippen molar-refractivity contribution in [2.75, 3.05) is 10.5 Å². The van der Waals surface area contributed by atoms with Gasteiger partial charge < -0.3 is 10.8 Å². The van der Waals surface area contributed by atoms with E-state index in [-0.39, 0.29) is 27.2 Å². The van der Waals surface area contributed by atoms with Crippen molar-refractivity contribution in [1.29, 1.82) is 0 Å². The predicted octanol–water partition coefficient (Wildman–Crippen LogP) is 2.87. The molecule has 0 heterocycles. The van der Waals surface area contributed by atoms with Gasteiger partial charge in [0.15, 0.2) is 0 Å². The van der Waals surface area contributed by atoms with Gasteiger partial charge in [0.1, 0.15) is 4.90 Å². The lowest BCUT2D eigenvalue weighted by Crippen LogP contribution is -2.14. The number of halogens is 2. The fourth-order valence-corrected chi connectivity index (χ4v) is 3.47. The Hall–Kier alpha value is -1.47. The van der Waals surface area contributed by atoms with E-state index in [9.17, 15) is 8.42 Å². The Labute approximate surface area is 132 Å². The van der Waals surface area contributed by atoms with Gasteiger partial charge in [0, 0.05) is 5.69 Å². The van der Waals surface area contributed by atoms with Crippen LogP contribution < -0.4 is 10.5 Å². The molecule has 2 rings (SSSR count). The van der Waals surface area contributed by atoms with Crippen LogP contribution in [0.3, 0.4) is 0 Å². The first-order valence-corrected chi connectivity index (χ1v) is 8.05. The maximum Gasteiger partial charge on any atom is 0.263 e. The maximum atomic E-state index is 12.3. The molecule has 0 spiro atoms. The van der Waals surface area contributed by atoms with Crippen LogP contribution in [-0.2, 0) is 16.6 Å². The Morgan fingerprint density at radius 2 is 1.71 bits per heavy atom. The summed E-state index contributed by atoms with van der Waals surface area (Å²) in [4.78, 5) is -0.155. The number of aliphatic hydroxyl groups is 1. The Kier molecular flexibility index (Phi) is 4.63. The number of benzene rings is 2. The third kappa shape index (κ3) is 3.41. The first-order chi connectivity index (χ1) is 9.85. The molecular formula is C13H12Cl2N2O3S. The van der Waals surface area contributed by atoms with Crippen molar-refractivity contribution in [2.45, 2.75) is 11.5 Å². The van der Waals surface area contributed by atoms with Crippen LogP contribution in [0.25, 0.3) is 0 Å². The zero-order chi connectivity index (χ0) is 15.6. The molecule has 4 N–H and O–H groups in total. The number of rotatable bonds is 4. The van der Waals surface area contributed by atoms with Gasteiger partial charge in [-0.3, -0.25) is 4.72 Å². The lowest BCUT2D eigenvalue weighted by molar-refractivity contribution is 0.282. The maximum absolute atomic E-state index is 12.3. The quantitative estimate of drug-likeness (QED) is 0.742. The van der Waals surface area contributed by atoms with Crippen LogP contribution in [0.15, 0.2) is 41.3 Å². The van der Waals surface area contributed by atoms with Gasteiger partial charge in [-0.25, -0.2) is 8.42 Å². The summed E-state index contributed by atoms with van der Waals surface area (Å²) in [6, 6.07) is 8.94. The van der Waals surface area contributed by atoms with Crippen molar-refractivity contribution in [1.82, 2.24) is 0 Å². The van der Waals surface area contributed by atoms with Gasteiger partial charge in [-0.05, 0) is 29.8 Å². The lowest BCUT2D eigenvalue weighted by Gasteiger charge is -2.11. The summed E-state index contributed by atoms with van der Waals surface area (Å²) >= 11 is 11.7. The fourth-order valence-electron chi connectivity index (χ4n) is 1.65. The number of hydrogen-bond acceptors (Lipinski definition) is 4. The molecule has 0 saturated carbocycles. The van der Waals surface area contributed by atoms with E-state index >= 15 is 0 Å². The van der Waals surface area contributed by atoms with Crippen LogP contribution >= 0.6 is 23.2 Å². The monoisotopic (exact) mass is 346 g/mol. The normalized spacial score (nSPS) is 11.4. The first-order valence-electron chi connectivity index (χ1n) is 5.81. The van der Waals surface area contributed by atoms with Crippen LogP contribution in [0.1, 0.15) is 5.56 Å². The summed E-state index contributed by atoms with van der Waals surface area (Å²) in [5.74, 6) is 0. The van der Waals surface area contributed by atoms with Gasteiger partial charge >= 0.3 is 0 Å². The summed E-state index contributed by atoms with van der Waals surface area (Å²) in [6.45, 7) is -0.118. The van der Waals surface area contributed by atoms with Crippen LogP contribution in [0.2, 0.25) is 10.0 Å². The van der Waals surface area contributed by atoms with E-state index in [1.165, 1.54) is 24.3 Å². The van der Waals surface area contributed by atoms with Gasteiger partial charge in [-0.2, -0.15) is 0 Å². The van der Waals surface area contributed by atoms with Gasteiger partial charge in [0.25, 0.3) is 10.0 Å². The third-order valence-electron chi connectivity index (χ3n) is 2.77. The molecule has 8 heteroatoms.